The molecule has 3 nitrogen and oxygen atoms in total. The molecule has 0 bridgehead atoms. The van der Waals surface area contributed by atoms with E-state index in [-0.39, 0.29) is 11.9 Å². The van der Waals surface area contributed by atoms with Gasteiger partial charge in [-0.15, -0.1) is 0 Å². The van der Waals surface area contributed by atoms with Crippen molar-refractivity contribution >= 4 is 11.6 Å². The molecule has 0 aliphatic carbocycles. The van der Waals surface area contributed by atoms with E-state index in [4.69, 9.17) is 17.4 Å². The van der Waals surface area contributed by atoms with Crippen molar-refractivity contribution in [2.75, 3.05) is 0 Å². The van der Waals surface area contributed by atoms with Crippen LogP contribution < -0.4 is 11.3 Å². The summed E-state index contributed by atoms with van der Waals surface area (Å²) >= 11 is 6.19. The first-order chi connectivity index (χ1) is 9.10. The van der Waals surface area contributed by atoms with Crippen molar-refractivity contribution in [3.05, 3.63) is 64.2 Å². The number of nitrogens with one attached hydrogen (secondary N) is 1. The largest absolute Gasteiger partial charge is 0.271 e. The number of hydrazine groups is 1. The zero-order valence-corrected chi connectivity index (χ0v) is 11.3. The summed E-state index contributed by atoms with van der Waals surface area (Å²) in [6.07, 6.45) is 3.33. The SMILES string of the molecule is Cc1ccc(CC(NN)c2cncc(F)c2)c(Cl)c1. The highest BCUT2D eigenvalue weighted by atomic mass is 35.5. The molecule has 19 heavy (non-hydrogen) atoms. The lowest BCUT2D eigenvalue weighted by Gasteiger charge is -2.17. The van der Waals surface area contributed by atoms with Gasteiger partial charge in [0.1, 0.15) is 5.82 Å². The van der Waals surface area contributed by atoms with Crippen LogP contribution in [0.2, 0.25) is 5.02 Å². The van der Waals surface area contributed by atoms with E-state index in [1.807, 2.05) is 25.1 Å². The molecule has 0 saturated carbocycles. The molecule has 0 spiro atoms. The second kappa shape index (κ2) is 6.10. The highest BCUT2D eigenvalue weighted by Gasteiger charge is 2.13. The van der Waals surface area contributed by atoms with Gasteiger partial charge in [-0.25, -0.2) is 4.39 Å². The third-order valence-corrected chi connectivity index (χ3v) is 3.31. The number of rotatable bonds is 4. The van der Waals surface area contributed by atoms with Gasteiger partial charge in [0.15, 0.2) is 0 Å². The molecule has 0 radical (unpaired) electrons. The minimum atomic E-state index is -0.382. The smallest absolute Gasteiger partial charge is 0.141 e. The van der Waals surface area contributed by atoms with Gasteiger partial charge >= 0.3 is 0 Å². The average molecular weight is 280 g/mol. The van der Waals surface area contributed by atoms with Crippen LogP contribution in [0.25, 0.3) is 0 Å². The van der Waals surface area contributed by atoms with Crippen LogP contribution in [-0.2, 0) is 6.42 Å². The summed E-state index contributed by atoms with van der Waals surface area (Å²) in [7, 11) is 0. The predicted octanol–water partition coefficient (Wildman–Crippen LogP) is 2.93. The Hall–Kier alpha value is -1.49. The lowest BCUT2D eigenvalue weighted by Crippen LogP contribution is -2.29. The Morgan fingerprint density at radius 1 is 1.37 bits per heavy atom. The molecule has 1 atom stereocenters. The fraction of sp³-hybridized carbons (Fsp3) is 0.214. The maximum atomic E-state index is 13.2. The molecule has 0 amide bonds. The first-order valence-corrected chi connectivity index (χ1v) is 6.29. The van der Waals surface area contributed by atoms with E-state index in [0.29, 0.717) is 17.0 Å². The van der Waals surface area contributed by atoms with Crippen LogP contribution in [0.5, 0.6) is 0 Å². The van der Waals surface area contributed by atoms with Gasteiger partial charge in [-0.1, -0.05) is 23.7 Å². The second-order valence-corrected chi connectivity index (χ2v) is 4.86. The maximum absolute atomic E-state index is 13.2. The van der Waals surface area contributed by atoms with Crippen molar-refractivity contribution in [3.63, 3.8) is 0 Å². The summed E-state index contributed by atoms with van der Waals surface area (Å²) in [4.78, 5) is 3.83. The van der Waals surface area contributed by atoms with E-state index >= 15 is 0 Å². The van der Waals surface area contributed by atoms with Crippen LogP contribution in [0, 0.1) is 12.7 Å². The number of hydrogen-bond acceptors (Lipinski definition) is 3. The molecule has 1 heterocycles. The summed E-state index contributed by atoms with van der Waals surface area (Å²) in [5.74, 6) is 5.16. The van der Waals surface area contributed by atoms with Crippen LogP contribution in [0.1, 0.15) is 22.7 Å². The highest BCUT2D eigenvalue weighted by molar-refractivity contribution is 6.31. The van der Waals surface area contributed by atoms with Gasteiger partial charge in [0, 0.05) is 11.2 Å². The van der Waals surface area contributed by atoms with E-state index < -0.39 is 0 Å². The number of nitrogens with two attached hydrogens (primary N) is 1. The van der Waals surface area contributed by atoms with Crippen LogP contribution in [0.3, 0.4) is 0 Å². The summed E-state index contributed by atoms with van der Waals surface area (Å²) in [5.41, 5.74) is 5.42. The Labute approximate surface area is 116 Å². The molecule has 3 N–H and O–H groups in total. The standard InChI is InChI=1S/C14H15ClFN3/c1-9-2-3-10(13(15)4-9)6-14(19-17)11-5-12(16)8-18-7-11/h2-5,7-8,14,19H,6,17H2,1H3. The Morgan fingerprint density at radius 2 is 2.16 bits per heavy atom. The molecule has 0 aliphatic heterocycles. The van der Waals surface area contributed by atoms with E-state index in [0.717, 1.165) is 17.3 Å². The lowest BCUT2D eigenvalue weighted by atomic mass is 10.00. The molecular weight excluding hydrogens is 265 g/mol. The maximum Gasteiger partial charge on any atom is 0.141 e. The molecule has 0 aliphatic rings. The van der Waals surface area contributed by atoms with Gasteiger partial charge in [0.25, 0.3) is 0 Å². The van der Waals surface area contributed by atoms with Gasteiger partial charge in [0.05, 0.1) is 12.2 Å². The molecule has 2 aromatic rings. The van der Waals surface area contributed by atoms with Crippen LogP contribution >= 0.6 is 11.6 Å². The third kappa shape index (κ3) is 3.50. The average Bonchev–Trinajstić information content (AvgIpc) is 2.38. The Kier molecular flexibility index (Phi) is 4.47. The van der Waals surface area contributed by atoms with Crippen molar-refractivity contribution in [3.8, 4) is 0 Å². The lowest BCUT2D eigenvalue weighted by molar-refractivity contribution is 0.541. The third-order valence-electron chi connectivity index (χ3n) is 2.96. The van der Waals surface area contributed by atoms with Crippen LogP contribution in [0.4, 0.5) is 4.39 Å². The minimum Gasteiger partial charge on any atom is -0.271 e. The number of aryl methyl sites for hydroxylation is 1. The summed E-state index contributed by atoms with van der Waals surface area (Å²) in [6.45, 7) is 1.98. The molecular formula is C14H15ClFN3. The van der Waals surface area contributed by atoms with Crippen LogP contribution in [-0.4, -0.2) is 4.98 Å². The van der Waals surface area contributed by atoms with Crippen molar-refractivity contribution in [1.82, 2.24) is 10.4 Å². The van der Waals surface area contributed by atoms with E-state index in [1.54, 1.807) is 6.20 Å². The van der Waals surface area contributed by atoms with Gasteiger partial charge in [-0.3, -0.25) is 16.3 Å². The normalized spacial score (nSPS) is 12.4. The number of pyridine rings is 1. The van der Waals surface area contributed by atoms with E-state index in [2.05, 4.69) is 10.4 Å². The molecule has 5 heteroatoms. The van der Waals surface area contributed by atoms with Gasteiger partial charge in [-0.2, -0.15) is 0 Å². The number of benzene rings is 1. The second-order valence-electron chi connectivity index (χ2n) is 4.45. The molecule has 100 valence electrons. The molecule has 0 saturated heterocycles. The fourth-order valence-electron chi connectivity index (χ4n) is 1.93. The summed E-state index contributed by atoms with van der Waals surface area (Å²) in [6, 6.07) is 7.02. The molecule has 1 aromatic heterocycles. The minimum absolute atomic E-state index is 0.233. The van der Waals surface area contributed by atoms with E-state index in [9.17, 15) is 4.39 Å². The van der Waals surface area contributed by atoms with Crippen molar-refractivity contribution in [2.24, 2.45) is 5.84 Å². The first kappa shape index (κ1) is 13.9. The Balaban J connectivity index is 2.24. The van der Waals surface area contributed by atoms with Crippen molar-refractivity contribution in [2.45, 2.75) is 19.4 Å². The van der Waals surface area contributed by atoms with Gasteiger partial charge in [-0.05, 0) is 42.2 Å². The monoisotopic (exact) mass is 279 g/mol. The molecule has 1 aromatic carbocycles. The van der Waals surface area contributed by atoms with Crippen molar-refractivity contribution < 1.29 is 4.39 Å². The van der Waals surface area contributed by atoms with Crippen LogP contribution in [0.15, 0.2) is 36.7 Å². The number of hydrogen-bond donors (Lipinski definition) is 2. The van der Waals surface area contributed by atoms with Crippen molar-refractivity contribution in [1.29, 1.82) is 0 Å². The Bertz CT molecular complexity index is 574. The molecule has 0 fully saturated rings. The van der Waals surface area contributed by atoms with Gasteiger partial charge < -0.3 is 0 Å². The summed E-state index contributed by atoms with van der Waals surface area (Å²) < 4.78 is 13.2. The van der Waals surface area contributed by atoms with E-state index in [1.165, 1.54) is 6.07 Å². The number of halogens is 2. The molecule has 1 unspecified atom stereocenters. The topological polar surface area (TPSA) is 50.9 Å². The zero-order chi connectivity index (χ0) is 13.8. The molecule has 2 rings (SSSR count). The fourth-order valence-corrected chi connectivity index (χ4v) is 2.24. The summed E-state index contributed by atoms with van der Waals surface area (Å²) in [5, 5.41) is 0.685. The zero-order valence-electron chi connectivity index (χ0n) is 10.5. The van der Waals surface area contributed by atoms with Gasteiger partial charge in [0.2, 0.25) is 0 Å². The predicted molar refractivity (Wildman–Crippen MR) is 74.2 cm³/mol. The highest BCUT2D eigenvalue weighted by Crippen LogP contribution is 2.24. The quantitative estimate of drug-likeness (QED) is 0.668. The Morgan fingerprint density at radius 3 is 2.79 bits per heavy atom. The number of aromatic nitrogens is 1. The number of nitrogens with zero attached hydrogens (tertiary/aromatic N) is 1. The first-order valence-electron chi connectivity index (χ1n) is 5.91.